The van der Waals surface area contributed by atoms with Crippen molar-refractivity contribution in [1.29, 1.82) is 0 Å². The van der Waals surface area contributed by atoms with Gasteiger partial charge in [0.25, 0.3) is 11.6 Å². The monoisotopic (exact) mass is 356 g/mol. The number of benzene rings is 2. The number of carbonyl (C=O) groups is 1. The van der Waals surface area contributed by atoms with E-state index < -0.39 is 4.92 Å². The fraction of sp³-hybridized carbons (Fsp3) is 0.316. The molecule has 7 heteroatoms. The molecule has 0 fully saturated rings. The van der Waals surface area contributed by atoms with Gasteiger partial charge in [-0.05, 0) is 30.8 Å². The Morgan fingerprint density at radius 3 is 2.42 bits per heavy atom. The predicted molar refractivity (Wildman–Crippen MR) is 102 cm³/mol. The van der Waals surface area contributed by atoms with Crippen LogP contribution in [-0.4, -0.2) is 35.4 Å². The number of nitro groups is 1. The van der Waals surface area contributed by atoms with E-state index in [4.69, 9.17) is 5.73 Å². The van der Waals surface area contributed by atoms with Crippen molar-refractivity contribution < 1.29 is 9.72 Å². The van der Waals surface area contributed by atoms with E-state index >= 15 is 0 Å². The number of anilines is 1. The van der Waals surface area contributed by atoms with Crippen molar-refractivity contribution >= 4 is 17.3 Å². The zero-order valence-electron chi connectivity index (χ0n) is 15.0. The average molecular weight is 356 g/mol. The topological polar surface area (TPSA) is 102 Å². The molecule has 0 heterocycles. The van der Waals surface area contributed by atoms with Crippen LogP contribution in [0.15, 0.2) is 48.5 Å². The second-order valence-corrected chi connectivity index (χ2v) is 5.89. The first-order valence-electron chi connectivity index (χ1n) is 8.59. The molecule has 3 N–H and O–H groups in total. The normalized spacial score (nSPS) is 12.0. The van der Waals surface area contributed by atoms with Gasteiger partial charge in [-0.3, -0.25) is 19.8 Å². The van der Waals surface area contributed by atoms with Crippen LogP contribution in [0.25, 0.3) is 0 Å². The van der Waals surface area contributed by atoms with Gasteiger partial charge in [-0.25, -0.2) is 0 Å². The number of nitro benzene ring substituents is 1. The summed E-state index contributed by atoms with van der Waals surface area (Å²) in [7, 11) is 0. The number of carbonyl (C=O) groups excluding carboxylic acids is 1. The van der Waals surface area contributed by atoms with E-state index in [0.717, 1.165) is 18.7 Å². The minimum absolute atomic E-state index is 0.0268. The summed E-state index contributed by atoms with van der Waals surface area (Å²) in [4.78, 5) is 25.1. The molecule has 0 aliphatic rings. The zero-order valence-corrected chi connectivity index (χ0v) is 15.0. The number of hydrogen-bond acceptors (Lipinski definition) is 5. The summed E-state index contributed by atoms with van der Waals surface area (Å²) in [5.74, 6) is -0.360. The van der Waals surface area contributed by atoms with E-state index in [1.54, 1.807) is 0 Å². The second kappa shape index (κ2) is 8.96. The lowest BCUT2D eigenvalue weighted by molar-refractivity contribution is -0.383. The maximum absolute atomic E-state index is 12.5. The van der Waals surface area contributed by atoms with Gasteiger partial charge in [0.2, 0.25) is 0 Å². The first kappa shape index (κ1) is 19.4. The van der Waals surface area contributed by atoms with Gasteiger partial charge in [-0.2, -0.15) is 0 Å². The molecule has 0 unspecified atom stereocenters. The molecule has 7 nitrogen and oxygen atoms in total. The highest BCUT2D eigenvalue weighted by atomic mass is 16.6. The second-order valence-electron chi connectivity index (χ2n) is 5.89. The van der Waals surface area contributed by atoms with Gasteiger partial charge >= 0.3 is 0 Å². The van der Waals surface area contributed by atoms with Gasteiger partial charge < -0.3 is 11.1 Å². The van der Waals surface area contributed by atoms with Gasteiger partial charge in [0.05, 0.1) is 11.0 Å². The van der Waals surface area contributed by atoms with Crippen molar-refractivity contribution in [1.82, 2.24) is 10.2 Å². The highest BCUT2D eigenvalue weighted by Gasteiger charge is 2.20. The largest absolute Gasteiger partial charge is 0.393 e. The van der Waals surface area contributed by atoms with Crippen molar-refractivity contribution in [2.75, 3.05) is 25.4 Å². The molecule has 2 rings (SSSR count). The lowest BCUT2D eigenvalue weighted by atomic mass is 10.0. The standard InChI is InChI=1S/C19H24N4O3/c1-3-22(4-2)18(14-8-6-5-7-9-14)13-21-19(24)15-10-11-16(20)17(12-15)23(25)26/h5-12,18H,3-4,13,20H2,1-2H3,(H,21,24)/t18-/m0/s1. The molecule has 1 atom stereocenters. The van der Waals surface area contributed by atoms with Crippen LogP contribution >= 0.6 is 0 Å². The lowest BCUT2D eigenvalue weighted by Crippen LogP contribution is -2.38. The molecular weight excluding hydrogens is 332 g/mol. The highest BCUT2D eigenvalue weighted by Crippen LogP contribution is 2.23. The Balaban J connectivity index is 2.17. The number of amides is 1. The first-order valence-corrected chi connectivity index (χ1v) is 8.59. The van der Waals surface area contributed by atoms with Gasteiger partial charge in [-0.1, -0.05) is 44.2 Å². The van der Waals surface area contributed by atoms with Crippen LogP contribution in [0.1, 0.15) is 35.8 Å². The molecule has 0 aliphatic carbocycles. The molecule has 0 bridgehead atoms. The number of nitrogens with one attached hydrogen (secondary N) is 1. The summed E-state index contributed by atoms with van der Waals surface area (Å²) in [6, 6.07) is 14.1. The molecule has 0 radical (unpaired) electrons. The van der Waals surface area contributed by atoms with Crippen LogP contribution in [0, 0.1) is 10.1 Å². The third-order valence-electron chi connectivity index (χ3n) is 4.38. The Labute approximate surface area is 153 Å². The van der Waals surface area contributed by atoms with Gasteiger partial charge in [0.1, 0.15) is 5.69 Å². The first-order chi connectivity index (χ1) is 12.5. The smallest absolute Gasteiger partial charge is 0.292 e. The number of nitrogens with two attached hydrogens (primary N) is 1. The summed E-state index contributed by atoms with van der Waals surface area (Å²) < 4.78 is 0. The molecule has 0 saturated heterocycles. The van der Waals surface area contributed by atoms with Crippen molar-refractivity contribution in [2.45, 2.75) is 19.9 Å². The molecule has 2 aromatic carbocycles. The minimum atomic E-state index is -0.589. The molecule has 2 aromatic rings. The Kier molecular flexibility index (Phi) is 6.68. The lowest BCUT2D eigenvalue weighted by Gasteiger charge is -2.30. The Bertz CT molecular complexity index is 761. The molecular formula is C19H24N4O3. The quantitative estimate of drug-likeness (QED) is 0.430. The van der Waals surface area contributed by atoms with Crippen LogP contribution in [-0.2, 0) is 0 Å². The number of hydrogen-bond donors (Lipinski definition) is 2. The van der Waals surface area contributed by atoms with Gasteiger partial charge in [0.15, 0.2) is 0 Å². The van der Waals surface area contributed by atoms with E-state index in [0.29, 0.717) is 6.54 Å². The van der Waals surface area contributed by atoms with Gasteiger partial charge in [-0.15, -0.1) is 0 Å². The summed E-state index contributed by atoms with van der Waals surface area (Å²) in [6.45, 7) is 6.25. The molecule has 0 aliphatic heterocycles. The fourth-order valence-electron chi connectivity index (χ4n) is 2.93. The molecule has 0 aromatic heterocycles. The van der Waals surface area contributed by atoms with E-state index in [9.17, 15) is 14.9 Å². The number of rotatable bonds is 8. The van der Waals surface area contributed by atoms with Crippen molar-refractivity contribution in [3.8, 4) is 0 Å². The maximum Gasteiger partial charge on any atom is 0.292 e. The maximum atomic E-state index is 12.5. The Hall–Kier alpha value is -2.93. The average Bonchev–Trinajstić information content (AvgIpc) is 2.65. The SMILES string of the molecule is CCN(CC)[C@@H](CNC(=O)c1ccc(N)c([N+](=O)[O-])c1)c1ccccc1. The van der Waals surface area contributed by atoms with Gasteiger partial charge in [0, 0.05) is 18.2 Å². The highest BCUT2D eigenvalue weighted by molar-refractivity contribution is 5.95. The van der Waals surface area contributed by atoms with Crippen molar-refractivity contribution in [3.05, 3.63) is 69.8 Å². The summed E-state index contributed by atoms with van der Waals surface area (Å²) in [6.07, 6.45) is 0. The molecule has 26 heavy (non-hydrogen) atoms. The number of nitrogen functional groups attached to an aromatic ring is 1. The summed E-state index contributed by atoms with van der Waals surface area (Å²) >= 11 is 0. The van der Waals surface area contributed by atoms with Crippen LogP contribution in [0.2, 0.25) is 0 Å². The summed E-state index contributed by atoms with van der Waals surface area (Å²) in [5, 5.41) is 13.9. The van der Waals surface area contributed by atoms with Crippen molar-refractivity contribution in [2.24, 2.45) is 0 Å². The molecule has 0 spiro atoms. The minimum Gasteiger partial charge on any atom is -0.393 e. The molecule has 138 valence electrons. The third kappa shape index (κ3) is 4.58. The zero-order chi connectivity index (χ0) is 19.1. The van der Waals surface area contributed by atoms with Crippen LogP contribution < -0.4 is 11.1 Å². The van der Waals surface area contributed by atoms with Crippen LogP contribution in [0.5, 0.6) is 0 Å². The predicted octanol–water partition coefficient (Wildman–Crippen LogP) is 2.99. The van der Waals surface area contributed by atoms with Crippen molar-refractivity contribution in [3.63, 3.8) is 0 Å². The Morgan fingerprint density at radius 2 is 1.85 bits per heavy atom. The van der Waals surface area contributed by atoms with E-state index in [1.807, 2.05) is 30.3 Å². The molecule has 1 amide bonds. The van der Waals surface area contributed by atoms with E-state index in [1.165, 1.54) is 18.2 Å². The van der Waals surface area contributed by atoms with E-state index in [2.05, 4.69) is 24.1 Å². The van der Waals surface area contributed by atoms with Crippen LogP contribution in [0.3, 0.4) is 0 Å². The third-order valence-corrected chi connectivity index (χ3v) is 4.38. The fourth-order valence-corrected chi connectivity index (χ4v) is 2.93. The molecule has 0 saturated carbocycles. The van der Waals surface area contributed by atoms with Crippen LogP contribution in [0.4, 0.5) is 11.4 Å². The summed E-state index contributed by atoms with van der Waals surface area (Å²) in [5.41, 5.74) is 6.69. The van der Waals surface area contributed by atoms with E-state index in [-0.39, 0.29) is 28.9 Å². The number of nitrogens with zero attached hydrogens (tertiary/aromatic N) is 2. The number of likely N-dealkylation sites (N-methyl/N-ethyl adjacent to an activating group) is 1. The Morgan fingerprint density at radius 1 is 1.19 bits per heavy atom.